The van der Waals surface area contributed by atoms with E-state index < -0.39 is 15.9 Å². The van der Waals surface area contributed by atoms with Gasteiger partial charge in [0.05, 0.1) is 23.3 Å². The summed E-state index contributed by atoms with van der Waals surface area (Å²) < 4.78 is 41.3. The lowest BCUT2D eigenvalue weighted by molar-refractivity contribution is 0.0996. The van der Waals surface area contributed by atoms with Gasteiger partial charge >= 0.3 is 0 Å². The molecule has 194 valence electrons. The van der Waals surface area contributed by atoms with E-state index in [0.717, 1.165) is 15.8 Å². The molecule has 0 N–H and O–H groups in total. The van der Waals surface area contributed by atoms with E-state index in [1.807, 2.05) is 60.0 Å². The summed E-state index contributed by atoms with van der Waals surface area (Å²) >= 11 is 1.38. The van der Waals surface area contributed by atoms with Crippen molar-refractivity contribution in [3.8, 4) is 5.75 Å². The van der Waals surface area contributed by atoms with Crippen molar-refractivity contribution in [1.82, 2.24) is 8.87 Å². The van der Waals surface area contributed by atoms with Gasteiger partial charge in [0.1, 0.15) is 11.3 Å². The van der Waals surface area contributed by atoms with Gasteiger partial charge in [-0.05, 0) is 48.9 Å². The van der Waals surface area contributed by atoms with Crippen LogP contribution in [0.2, 0.25) is 0 Å². The Morgan fingerprint density at radius 3 is 2.43 bits per heavy atom. The van der Waals surface area contributed by atoms with E-state index in [1.54, 1.807) is 7.11 Å². The Labute approximate surface area is 220 Å². The maximum Gasteiger partial charge on any atom is 0.279 e. The molecule has 1 heterocycles. The molecule has 1 amide bonds. The number of hydrogen-bond acceptors (Lipinski definition) is 6. The quantitative estimate of drug-likeness (QED) is 0.280. The lowest BCUT2D eigenvalue weighted by Crippen LogP contribution is -2.26. The third kappa shape index (κ3) is 5.99. The minimum absolute atomic E-state index is 0.112. The number of fused-ring (bicyclic) bond motifs is 1. The number of sulfonamides is 1. The van der Waals surface area contributed by atoms with Crippen molar-refractivity contribution in [3.63, 3.8) is 0 Å². The van der Waals surface area contributed by atoms with Gasteiger partial charge in [-0.3, -0.25) is 4.79 Å². The molecular weight excluding hydrogens is 510 g/mol. The molecule has 1 aromatic heterocycles. The van der Waals surface area contributed by atoms with Gasteiger partial charge in [-0.25, -0.2) is 8.42 Å². The second-order valence-corrected chi connectivity index (χ2v) is 11.3. The topological polar surface area (TPSA) is 90.2 Å². The van der Waals surface area contributed by atoms with E-state index in [2.05, 4.69) is 4.99 Å². The highest BCUT2D eigenvalue weighted by Crippen LogP contribution is 2.27. The van der Waals surface area contributed by atoms with Crippen LogP contribution in [0.4, 0.5) is 0 Å². The van der Waals surface area contributed by atoms with E-state index in [1.165, 1.54) is 47.0 Å². The number of para-hydroxylation sites is 1. The lowest BCUT2D eigenvalue weighted by atomic mass is 10.2. The van der Waals surface area contributed by atoms with E-state index in [4.69, 9.17) is 9.47 Å². The SMILES string of the molecule is CCOCCn1c(=NC(=O)c2ccc(S(=O)(=O)N(C)Cc3ccccc3)cc2)sc2cccc(OC)c21. The number of carbonyl (C=O) groups excluding carboxylic acids is 1. The summed E-state index contributed by atoms with van der Waals surface area (Å²) in [6.07, 6.45) is 0. The predicted octanol–water partition coefficient (Wildman–Crippen LogP) is 4.31. The summed E-state index contributed by atoms with van der Waals surface area (Å²) in [7, 11) is -0.581. The first kappa shape index (κ1) is 26.7. The van der Waals surface area contributed by atoms with Crippen molar-refractivity contribution in [2.75, 3.05) is 27.4 Å². The van der Waals surface area contributed by atoms with Crippen LogP contribution in [0, 0.1) is 0 Å². The summed E-state index contributed by atoms with van der Waals surface area (Å²) in [6.45, 7) is 3.72. The van der Waals surface area contributed by atoms with Crippen molar-refractivity contribution >= 4 is 37.5 Å². The van der Waals surface area contributed by atoms with E-state index in [0.29, 0.717) is 35.9 Å². The van der Waals surface area contributed by atoms with Crippen LogP contribution in [0.15, 0.2) is 82.7 Å². The third-order valence-electron chi connectivity index (χ3n) is 5.80. The molecule has 0 aliphatic rings. The van der Waals surface area contributed by atoms with E-state index in [-0.39, 0.29) is 11.4 Å². The zero-order chi connectivity index (χ0) is 26.4. The fraction of sp³-hybridized carbons (Fsp3) is 0.259. The van der Waals surface area contributed by atoms with Crippen LogP contribution in [0.3, 0.4) is 0 Å². The second kappa shape index (κ2) is 11.8. The van der Waals surface area contributed by atoms with Crippen LogP contribution in [0.5, 0.6) is 5.75 Å². The van der Waals surface area contributed by atoms with Gasteiger partial charge in [0, 0.05) is 32.3 Å². The molecule has 0 aliphatic heterocycles. The number of hydrogen-bond donors (Lipinski definition) is 0. The molecule has 10 heteroatoms. The Hall–Kier alpha value is -3.31. The number of benzene rings is 3. The van der Waals surface area contributed by atoms with Crippen molar-refractivity contribution in [2.45, 2.75) is 24.9 Å². The highest BCUT2D eigenvalue weighted by atomic mass is 32.2. The first-order chi connectivity index (χ1) is 17.8. The maximum absolute atomic E-state index is 13.1. The maximum atomic E-state index is 13.1. The first-order valence-corrected chi connectivity index (χ1v) is 14.0. The van der Waals surface area contributed by atoms with Crippen LogP contribution >= 0.6 is 11.3 Å². The zero-order valence-electron chi connectivity index (χ0n) is 21.0. The van der Waals surface area contributed by atoms with Crippen molar-refractivity contribution in [2.24, 2.45) is 4.99 Å². The average Bonchev–Trinajstić information content (AvgIpc) is 3.26. The van der Waals surface area contributed by atoms with Crippen LogP contribution in [0.1, 0.15) is 22.8 Å². The largest absolute Gasteiger partial charge is 0.495 e. The molecule has 8 nitrogen and oxygen atoms in total. The van der Waals surface area contributed by atoms with Crippen LogP contribution in [-0.4, -0.2) is 50.6 Å². The molecule has 0 unspecified atom stereocenters. The number of amides is 1. The van der Waals surface area contributed by atoms with E-state index >= 15 is 0 Å². The summed E-state index contributed by atoms with van der Waals surface area (Å²) in [6, 6.07) is 21.0. The molecule has 37 heavy (non-hydrogen) atoms. The highest BCUT2D eigenvalue weighted by Gasteiger charge is 2.21. The Bertz CT molecular complexity index is 1540. The smallest absolute Gasteiger partial charge is 0.279 e. The number of nitrogens with zero attached hydrogens (tertiary/aromatic N) is 3. The number of rotatable bonds is 10. The molecule has 0 saturated heterocycles. The minimum Gasteiger partial charge on any atom is -0.495 e. The highest BCUT2D eigenvalue weighted by molar-refractivity contribution is 7.89. The summed E-state index contributed by atoms with van der Waals surface area (Å²) in [5.41, 5.74) is 2.03. The number of aromatic nitrogens is 1. The van der Waals surface area contributed by atoms with Gasteiger partial charge in [0.2, 0.25) is 10.0 Å². The Morgan fingerprint density at radius 1 is 1.03 bits per heavy atom. The lowest BCUT2D eigenvalue weighted by Gasteiger charge is -2.17. The normalized spacial score (nSPS) is 12.4. The number of thiazole rings is 1. The third-order valence-corrected chi connectivity index (χ3v) is 8.66. The van der Waals surface area contributed by atoms with Crippen LogP contribution in [-0.2, 0) is 27.8 Å². The summed E-state index contributed by atoms with van der Waals surface area (Å²) in [5.74, 6) is 0.227. The standard InChI is InChI=1S/C27H29N3O5S2/c1-4-35-18-17-30-25-23(34-3)11-8-12-24(25)36-27(30)28-26(31)21-13-15-22(16-14-21)37(32,33)29(2)19-20-9-6-5-7-10-20/h5-16H,4,17-19H2,1-3H3. The molecule has 0 atom stereocenters. The number of carbonyl (C=O) groups is 1. The van der Waals surface area contributed by atoms with Crippen molar-refractivity contribution < 1.29 is 22.7 Å². The van der Waals surface area contributed by atoms with Gasteiger partial charge in [0.25, 0.3) is 5.91 Å². The molecule has 4 aromatic rings. The number of ether oxygens (including phenoxy) is 2. The monoisotopic (exact) mass is 539 g/mol. The molecule has 0 spiro atoms. The fourth-order valence-electron chi connectivity index (χ4n) is 3.88. The van der Waals surface area contributed by atoms with Gasteiger partial charge < -0.3 is 14.0 Å². The minimum atomic E-state index is -3.72. The molecule has 3 aromatic carbocycles. The van der Waals surface area contributed by atoms with Crippen LogP contribution in [0.25, 0.3) is 10.2 Å². The predicted molar refractivity (Wildman–Crippen MR) is 144 cm³/mol. The molecule has 0 saturated carbocycles. The summed E-state index contributed by atoms with van der Waals surface area (Å²) in [5, 5.41) is 0. The molecule has 0 bridgehead atoms. The van der Waals surface area contributed by atoms with Gasteiger partial charge in [0.15, 0.2) is 4.80 Å². The molecular formula is C27H29N3O5S2. The number of methoxy groups -OCH3 is 1. The molecule has 0 aliphatic carbocycles. The van der Waals surface area contributed by atoms with Crippen molar-refractivity contribution in [1.29, 1.82) is 0 Å². The van der Waals surface area contributed by atoms with E-state index in [9.17, 15) is 13.2 Å². The zero-order valence-corrected chi connectivity index (χ0v) is 22.6. The molecule has 4 rings (SSSR count). The second-order valence-electron chi connectivity index (χ2n) is 8.23. The Balaban J connectivity index is 1.62. The Kier molecular flexibility index (Phi) is 8.55. The fourth-order valence-corrected chi connectivity index (χ4v) is 6.11. The first-order valence-electron chi connectivity index (χ1n) is 11.8. The van der Waals surface area contributed by atoms with Crippen molar-refractivity contribution in [3.05, 3.63) is 88.7 Å². The van der Waals surface area contributed by atoms with Gasteiger partial charge in [-0.15, -0.1) is 0 Å². The van der Waals surface area contributed by atoms with Crippen LogP contribution < -0.4 is 9.54 Å². The molecule has 0 radical (unpaired) electrons. The summed E-state index contributed by atoms with van der Waals surface area (Å²) in [4.78, 5) is 18.1. The average molecular weight is 540 g/mol. The molecule has 0 fully saturated rings. The Morgan fingerprint density at radius 2 is 1.76 bits per heavy atom. The van der Waals surface area contributed by atoms with Gasteiger partial charge in [-0.2, -0.15) is 9.30 Å². The van der Waals surface area contributed by atoms with Gasteiger partial charge in [-0.1, -0.05) is 47.7 Å².